The second kappa shape index (κ2) is 6.14. The van der Waals surface area contributed by atoms with Crippen molar-refractivity contribution in [1.82, 2.24) is 4.90 Å². The Morgan fingerprint density at radius 3 is 2.71 bits per heavy atom. The zero-order valence-corrected chi connectivity index (χ0v) is 12.3. The lowest BCUT2D eigenvalue weighted by molar-refractivity contribution is -0.135. The van der Waals surface area contributed by atoms with Gasteiger partial charge in [-0.15, -0.1) is 0 Å². The van der Waals surface area contributed by atoms with E-state index < -0.39 is 0 Å². The molecule has 2 aliphatic carbocycles. The molecule has 2 fully saturated rings. The third-order valence-electron chi connectivity index (χ3n) is 4.62. The van der Waals surface area contributed by atoms with Crippen LogP contribution in [-0.2, 0) is 11.2 Å². The molecule has 0 bridgehead atoms. The summed E-state index contributed by atoms with van der Waals surface area (Å²) in [6.45, 7) is 0.693. The first-order valence-corrected chi connectivity index (χ1v) is 7.94. The predicted molar refractivity (Wildman–Crippen MR) is 80.2 cm³/mol. The topological polar surface area (TPSA) is 46.3 Å². The fourth-order valence-electron chi connectivity index (χ4n) is 3.28. The van der Waals surface area contributed by atoms with Gasteiger partial charge in [0.15, 0.2) is 0 Å². The summed E-state index contributed by atoms with van der Waals surface area (Å²) in [6.07, 6.45) is 5.63. The summed E-state index contributed by atoms with van der Waals surface area (Å²) in [5.41, 5.74) is 6.88. The van der Waals surface area contributed by atoms with Crippen molar-refractivity contribution in [3.8, 4) is 0 Å². The predicted octanol–water partition coefficient (Wildman–Crippen LogP) is 2.49. The average molecular weight is 290 g/mol. The largest absolute Gasteiger partial charge is 0.339 e. The number of rotatable bonds is 5. The molecule has 3 nitrogen and oxygen atoms in total. The van der Waals surface area contributed by atoms with Gasteiger partial charge in [0.1, 0.15) is 5.82 Å². The van der Waals surface area contributed by atoms with Crippen LogP contribution in [-0.4, -0.2) is 29.4 Å². The monoisotopic (exact) mass is 290 g/mol. The Morgan fingerprint density at radius 1 is 1.29 bits per heavy atom. The van der Waals surface area contributed by atoms with Crippen molar-refractivity contribution in [3.63, 3.8) is 0 Å². The first-order valence-electron chi connectivity index (χ1n) is 7.94. The van der Waals surface area contributed by atoms with Crippen LogP contribution in [0.25, 0.3) is 0 Å². The summed E-state index contributed by atoms with van der Waals surface area (Å²) >= 11 is 0. The number of amides is 1. The van der Waals surface area contributed by atoms with Crippen LogP contribution >= 0.6 is 0 Å². The minimum absolute atomic E-state index is 0.105. The van der Waals surface area contributed by atoms with E-state index >= 15 is 0 Å². The van der Waals surface area contributed by atoms with Gasteiger partial charge in [-0.05, 0) is 56.2 Å². The van der Waals surface area contributed by atoms with Crippen LogP contribution in [0.2, 0.25) is 0 Å². The molecule has 0 aromatic heterocycles. The number of hydrogen-bond acceptors (Lipinski definition) is 2. The molecule has 0 radical (unpaired) electrons. The number of hydrogen-bond donors (Lipinski definition) is 1. The minimum atomic E-state index is -0.210. The molecule has 2 atom stereocenters. The molecule has 114 valence electrons. The smallest absolute Gasteiger partial charge is 0.226 e. The lowest BCUT2D eigenvalue weighted by Crippen LogP contribution is -2.39. The molecule has 2 aliphatic rings. The molecule has 0 saturated heterocycles. The van der Waals surface area contributed by atoms with Gasteiger partial charge in [0.25, 0.3) is 0 Å². The van der Waals surface area contributed by atoms with Gasteiger partial charge in [-0.1, -0.05) is 12.1 Å². The number of nitrogens with zero attached hydrogens (tertiary/aromatic N) is 1. The molecule has 2 unspecified atom stereocenters. The molecule has 0 heterocycles. The van der Waals surface area contributed by atoms with Gasteiger partial charge >= 0.3 is 0 Å². The third-order valence-corrected chi connectivity index (χ3v) is 4.62. The fourth-order valence-corrected chi connectivity index (χ4v) is 3.28. The SMILES string of the molecule is NC1CCC(C(=O)N(CCc2cccc(F)c2)C2CC2)C1. The first-order chi connectivity index (χ1) is 10.1. The molecule has 2 N–H and O–H groups in total. The number of carbonyl (C=O) groups excluding carboxylic acids is 1. The Balaban J connectivity index is 1.61. The number of benzene rings is 1. The molecule has 0 spiro atoms. The van der Waals surface area contributed by atoms with Crippen LogP contribution in [0.5, 0.6) is 0 Å². The second-order valence-electron chi connectivity index (χ2n) is 6.41. The van der Waals surface area contributed by atoms with Crippen molar-refractivity contribution >= 4 is 5.91 Å². The molecular formula is C17H23FN2O. The molecule has 1 aromatic carbocycles. The van der Waals surface area contributed by atoms with Crippen molar-refractivity contribution < 1.29 is 9.18 Å². The van der Waals surface area contributed by atoms with Gasteiger partial charge in [-0.2, -0.15) is 0 Å². The van der Waals surface area contributed by atoms with Crippen LogP contribution in [0.4, 0.5) is 4.39 Å². The van der Waals surface area contributed by atoms with Crippen LogP contribution in [0.1, 0.15) is 37.7 Å². The van der Waals surface area contributed by atoms with E-state index in [9.17, 15) is 9.18 Å². The van der Waals surface area contributed by atoms with Crippen molar-refractivity contribution in [2.75, 3.05) is 6.54 Å². The normalized spacial score (nSPS) is 25.0. The first kappa shape index (κ1) is 14.5. The molecule has 1 aromatic rings. The third kappa shape index (κ3) is 3.62. The average Bonchev–Trinajstić information content (AvgIpc) is 3.20. The number of carbonyl (C=O) groups is 1. The van der Waals surface area contributed by atoms with E-state index in [4.69, 9.17) is 5.73 Å². The summed E-state index contributed by atoms with van der Waals surface area (Å²) in [5, 5.41) is 0. The zero-order chi connectivity index (χ0) is 14.8. The molecule has 21 heavy (non-hydrogen) atoms. The lowest BCUT2D eigenvalue weighted by atomic mass is 10.1. The van der Waals surface area contributed by atoms with Crippen molar-refractivity contribution in [3.05, 3.63) is 35.6 Å². The highest BCUT2D eigenvalue weighted by Crippen LogP contribution is 2.32. The van der Waals surface area contributed by atoms with E-state index in [1.165, 1.54) is 6.07 Å². The standard InChI is InChI=1S/C17H23FN2O/c18-14-3-1-2-12(10-14)8-9-20(16-6-7-16)17(21)13-4-5-15(19)11-13/h1-3,10,13,15-16H,4-9,11,19H2. The Kier molecular flexibility index (Phi) is 4.24. The lowest BCUT2D eigenvalue weighted by Gasteiger charge is -2.25. The van der Waals surface area contributed by atoms with E-state index in [1.807, 2.05) is 11.0 Å². The Morgan fingerprint density at radius 2 is 2.10 bits per heavy atom. The van der Waals surface area contributed by atoms with Crippen LogP contribution in [0, 0.1) is 11.7 Å². The quantitative estimate of drug-likeness (QED) is 0.905. The van der Waals surface area contributed by atoms with Gasteiger partial charge in [-0.3, -0.25) is 4.79 Å². The van der Waals surface area contributed by atoms with Crippen LogP contribution in [0.15, 0.2) is 24.3 Å². The number of halogens is 1. The van der Waals surface area contributed by atoms with Gasteiger partial charge in [-0.25, -0.2) is 4.39 Å². The summed E-state index contributed by atoms with van der Waals surface area (Å²) in [5.74, 6) is 0.161. The fraction of sp³-hybridized carbons (Fsp3) is 0.588. The van der Waals surface area contributed by atoms with Gasteiger partial charge in [0, 0.05) is 24.5 Å². The van der Waals surface area contributed by atoms with Crippen molar-refractivity contribution in [2.24, 2.45) is 11.7 Å². The highest BCUT2D eigenvalue weighted by molar-refractivity contribution is 5.80. The molecule has 4 heteroatoms. The van der Waals surface area contributed by atoms with Crippen molar-refractivity contribution in [2.45, 2.75) is 50.6 Å². The molecular weight excluding hydrogens is 267 g/mol. The Labute approximate surface area is 125 Å². The number of nitrogens with two attached hydrogens (primary N) is 1. The van der Waals surface area contributed by atoms with E-state index in [0.29, 0.717) is 12.6 Å². The summed E-state index contributed by atoms with van der Waals surface area (Å²) < 4.78 is 13.2. The van der Waals surface area contributed by atoms with Crippen LogP contribution < -0.4 is 5.73 Å². The Bertz CT molecular complexity index is 515. The van der Waals surface area contributed by atoms with E-state index in [-0.39, 0.29) is 23.7 Å². The maximum Gasteiger partial charge on any atom is 0.226 e. The summed E-state index contributed by atoms with van der Waals surface area (Å²) in [6, 6.07) is 7.24. The summed E-state index contributed by atoms with van der Waals surface area (Å²) in [7, 11) is 0. The maximum absolute atomic E-state index is 13.2. The maximum atomic E-state index is 13.2. The molecule has 1 amide bonds. The second-order valence-corrected chi connectivity index (χ2v) is 6.41. The van der Waals surface area contributed by atoms with Crippen molar-refractivity contribution in [1.29, 1.82) is 0 Å². The van der Waals surface area contributed by atoms with Gasteiger partial charge in [0.2, 0.25) is 5.91 Å². The van der Waals surface area contributed by atoms with E-state index in [2.05, 4.69) is 0 Å². The van der Waals surface area contributed by atoms with E-state index in [0.717, 1.165) is 44.1 Å². The highest BCUT2D eigenvalue weighted by Gasteiger charge is 2.37. The zero-order valence-electron chi connectivity index (χ0n) is 12.3. The minimum Gasteiger partial charge on any atom is -0.339 e. The Hall–Kier alpha value is -1.42. The van der Waals surface area contributed by atoms with Crippen LogP contribution in [0.3, 0.4) is 0 Å². The summed E-state index contributed by atoms with van der Waals surface area (Å²) in [4.78, 5) is 14.7. The van der Waals surface area contributed by atoms with E-state index in [1.54, 1.807) is 12.1 Å². The van der Waals surface area contributed by atoms with Gasteiger partial charge in [0.05, 0.1) is 0 Å². The van der Waals surface area contributed by atoms with Gasteiger partial charge < -0.3 is 10.6 Å². The molecule has 3 rings (SSSR count). The molecule has 0 aliphatic heterocycles. The highest BCUT2D eigenvalue weighted by atomic mass is 19.1. The molecule has 2 saturated carbocycles.